The second kappa shape index (κ2) is 18.0. The quantitative estimate of drug-likeness (QED) is 0.188. The third kappa shape index (κ3) is 12.3. The molecule has 9 heteroatoms. The molecule has 9 nitrogen and oxygen atoms in total. The van der Waals surface area contributed by atoms with Gasteiger partial charge in [0.1, 0.15) is 25.9 Å². The first kappa shape index (κ1) is 29.4. The van der Waals surface area contributed by atoms with Gasteiger partial charge in [-0.3, -0.25) is 19.2 Å². The van der Waals surface area contributed by atoms with Gasteiger partial charge >= 0.3 is 17.9 Å². The maximum absolute atomic E-state index is 12.0. The Morgan fingerprint density at radius 1 is 0.938 bits per heavy atom. The van der Waals surface area contributed by atoms with E-state index in [1.165, 1.54) is 0 Å². The van der Waals surface area contributed by atoms with E-state index in [1.54, 1.807) is 6.92 Å². The van der Waals surface area contributed by atoms with Gasteiger partial charge in [0.05, 0.1) is 30.2 Å². The van der Waals surface area contributed by atoms with Gasteiger partial charge in [-0.1, -0.05) is 34.1 Å². The molecule has 0 heterocycles. The van der Waals surface area contributed by atoms with Crippen LogP contribution in [0.25, 0.3) is 0 Å². The summed E-state index contributed by atoms with van der Waals surface area (Å²) in [4.78, 5) is 44.7. The van der Waals surface area contributed by atoms with Crippen molar-refractivity contribution >= 4 is 24.4 Å². The Labute approximate surface area is 190 Å². The van der Waals surface area contributed by atoms with Gasteiger partial charge in [0, 0.05) is 0 Å². The van der Waals surface area contributed by atoms with Crippen LogP contribution in [-0.2, 0) is 38.1 Å². The van der Waals surface area contributed by atoms with E-state index in [1.807, 2.05) is 26.8 Å². The highest BCUT2D eigenvalue weighted by atomic mass is 16.6. The van der Waals surface area contributed by atoms with Crippen molar-refractivity contribution in [3.8, 4) is 6.07 Å². The first-order chi connectivity index (χ1) is 15.3. The lowest BCUT2D eigenvalue weighted by Crippen LogP contribution is -2.35. The van der Waals surface area contributed by atoms with Crippen molar-refractivity contribution in [3.63, 3.8) is 0 Å². The largest absolute Gasteiger partial charge is 0.464 e. The molecule has 1 aliphatic carbocycles. The van der Waals surface area contributed by atoms with Gasteiger partial charge in [0.25, 0.3) is 6.47 Å². The van der Waals surface area contributed by atoms with Crippen molar-refractivity contribution in [2.24, 2.45) is 17.8 Å². The number of esters is 3. The van der Waals surface area contributed by atoms with Gasteiger partial charge in [-0.15, -0.1) is 0 Å². The highest BCUT2D eigenvalue weighted by Crippen LogP contribution is 2.27. The van der Waals surface area contributed by atoms with E-state index in [0.29, 0.717) is 25.7 Å². The van der Waals surface area contributed by atoms with Gasteiger partial charge in [0.15, 0.2) is 0 Å². The topological polar surface area (TPSA) is 129 Å². The summed E-state index contributed by atoms with van der Waals surface area (Å²) in [5, 5.41) is 8.13. The minimum Gasteiger partial charge on any atom is -0.464 e. The molecule has 0 aliphatic heterocycles. The Morgan fingerprint density at radius 2 is 1.47 bits per heavy atom. The van der Waals surface area contributed by atoms with Gasteiger partial charge in [-0.2, -0.15) is 5.26 Å². The summed E-state index contributed by atoms with van der Waals surface area (Å²) in [6.45, 7) is 8.13. The highest BCUT2D eigenvalue weighted by Gasteiger charge is 2.33. The number of carbonyl (C=O) groups is 4. The number of ether oxygens (including phenoxy) is 4. The molecule has 4 unspecified atom stereocenters. The number of hydrogen-bond acceptors (Lipinski definition) is 9. The molecule has 0 radical (unpaired) electrons. The maximum Gasteiger partial charge on any atom is 0.312 e. The van der Waals surface area contributed by atoms with Crippen molar-refractivity contribution in [1.82, 2.24) is 0 Å². The third-order valence-electron chi connectivity index (χ3n) is 5.30. The van der Waals surface area contributed by atoms with E-state index in [4.69, 9.17) is 24.2 Å². The van der Waals surface area contributed by atoms with Crippen molar-refractivity contribution < 1.29 is 38.1 Å². The first-order valence-corrected chi connectivity index (χ1v) is 11.3. The molecule has 32 heavy (non-hydrogen) atoms. The molecule has 0 amide bonds. The number of rotatable bonds is 12. The molecule has 0 N–H and O–H groups in total. The minimum atomic E-state index is -0.408. The van der Waals surface area contributed by atoms with E-state index >= 15 is 0 Å². The molecule has 0 bridgehead atoms. The number of nitriles is 1. The van der Waals surface area contributed by atoms with Gasteiger partial charge in [0.2, 0.25) is 0 Å². The van der Waals surface area contributed by atoms with Crippen LogP contribution in [0.4, 0.5) is 0 Å². The molecule has 0 saturated heterocycles. The van der Waals surface area contributed by atoms with Gasteiger partial charge < -0.3 is 18.9 Å². The van der Waals surface area contributed by atoms with E-state index in [-0.39, 0.29) is 56.0 Å². The van der Waals surface area contributed by atoms with E-state index in [0.717, 1.165) is 19.3 Å². The predicted molar refractivity (Wildman–Crippen MR) is 115 cm³/mol. The Bertz CT molecular complexity index is 616. The smallest absolute Gasteiger partial charge is 0.312 e. The van der Waals surface area contributed by atoms with Crippen molar-refractivity contribution in [1.29, 1.82) is 5.26 Å². The van der Waals surface area contributed by atoms with Gasteiger partial charge in [-0.25, -0.2) is 0 Å². The average molecular weight is 456 g/mol. The zero-order chi connectivity index (χ0) is 24.4. The van der Waals surface area contributed by atoms with Crippen LogP contribution < -0.4 is 0 Å². The van der Waals surface area contributed by atoms with Crippen LogP contribution in [0.1, 0.15) is 72.6 Å². The maximum atomic E-state index is 12.0. The van der Waals surface area contributed by atoms with E-state index < -0.39 is 12.0 Å². The third-order valence-corrected chi connectivity index (χ3v) is 5.30. The molecule has 0 aromatic heterocycles. The summed E-state index contributed by atoms with van der Waals surface area (Å²) in [5.74, 6) is -1.48. The lowest BCUT2D eigenvalue weighted by atomic mass is 9.86. The molecule has 1 saturated carbocycles. The summed E-state index contributed by atoms with van der Waals surface area (Å²) in [7, 11) is 0. The normalized spacial score (nSPS) is 19.1. The molecule has 1 fully saturated rings. The molecule has 0 aromatic rings. The molecule has 0 spiro atoms. The summed E-state index contributed by atoms with van der Waals surface area (Å²) < 4.78 is 19.8. The van der Waals surface area contributed by atoms with Crippen LogP contribution in [-0.4, -0.2) is 50.3 Å². The monoisotopic (exact) mass is 455 g/mol. The molecule has 4 atom stereocenters. The lowest BCUT2D eigenvalue weighted by molar-refractivity contribution is -0.163. The van der Waals surface area contributed by atoms with Crippen LogP contribution in [0.15, 0.2) is 0 Å². The van der Waals surface area contributed by atoms with Crippen LogP contribution in [0.2, 0.25) is 0 Å². The average Bonchev–Trinajstić information content (AvgIpc) is 2.81. The second-order valence-electron chi connectivity index (χ2n) is 7.69. The Morgan fingerprint density at radius 3 is 2.00 bits per heavy atom. The zero-order valence-electron chi connectivity index (χ0n) is 19.7. The summed E-state index contributed by atoms with van der Waals surface area (Å²) in [5.41, 5.74) is 0. The second-order valence-corrected chi connectivity index (χ2v) is 7.69. The minimum absolute atomic E-state index is 0.0331. The SMILES string of the molecule is CCC(C)C(=O)OCCC#N.CCC(C)C(=O)OCCOC(=O)C1CCCCC1OC=O. The molecule has 1 rings (SSSR count). The van der Waals surface area contributed by atoms with Crippen molar-refractivity contribution in [3.05, 3.63) is 0 Å². The standard InChI is InChI=1S/C15H24O6.C8H13NO2/c1-3-11(2)14(17)19-8-9-20-15(18)12-6-4-5-7-13(12)21-10-16;1-3-7(2)8(10)11-6-4-5-9/h10-13H,3-9H2,1-2H3;7H,3-4,6H2,1-2H3. The molecule has 1 aliphatic rings. The first-order valence-electron chi connectivity index (χ1n) is 11.3. The molecular formula is C23H37NO8. The highest BCUT2D eigenvalue weighted by molar-refractivity contribution is 5.74. The fourth-order valence-corrected chi connectivity index (χ4v) is 2.81. The van der Waals surface area contributed by atoms with Crippen LogP contribution >= 0.6 is 0 Å². The van der Waals surface area contributed by atoms with E-state index in [2.05, 4.69) is 0 Å². The van der Waals surface area contributed by atoms with Gasteiger partial charge in [-0.05, 0) is 32.1 Å². The predicted octanol–water partition coefficient (Wildman–Crippen LogP) is 3.34. The Kier molecular flexibility index (Phi) is 16.5. The molecule has 182 valence electrons. The summed E-state index contributed by atoms with van der Waals surface area (Å²) >= 11 is 0. The molecule has 0 aromatic carbocycles. The zero-order valence-corrected chi connectivity index (χ0v) is 19.7. The fraction of sp³-hybridized carbons (Fsp3) is 0.783. The summed E-state index contributed by atoms with van der Waals surface area (Å²) in [6.07, 6.45) is 4.58. The Hall–Kier alpha value is -2.63. The number of hydrogen-bond donors (Lipinski definition) is 0. The molecular weight excluding hydrogens is 418 g/mol. The summed E-state index contributed by atoms with van der Waals surface area (Å²) in [6, 6.07) is 1.90. The van der Waals surface area contributed by atoms with Crippen LogP contribution in [0.3, 0.4) is 0 Å². The number of carbonyl (C=O) groups excluding carboxylic acids is 4. The number of nitrogens with zero attached hydrogens (tertiary/aromatic N) is 1. The fourth-order valence-electron chi connectivity index (χ4n) is 2.81. The van der Waals surface area contributed by atoms with Crippen molar-refractivity contribution in [2.75, 3.05) is 19.8 Å². The van der Waals surface area contributed by atoms with E-state index in [9.17, 15) is 19.2 Å². The van der Waals surface area contributed by atoms with Crippen molar-refractivity contribution in [2.45, 2.75) is 78.7 Å². The Balaban J connectivity index is 0.000000739. The van der Waals surface area contributed by atoms with Crippen LogP contribution in [0.5, 0.6) is 0 Å². The lowest BCUT2D eigenvalue weighted by Gasteiger charge is -2.28. The van der Waals surface area contributed by atoms with Crippen LogP contribution in [0, 0.1) is 29.1 Å².